The van der Waals surface area contributed by atoms with E-state index < -0.39 is 0 Å². The van der Waals surface area contributed by atoms with Crippen molar-refractivity contribution in [2.75, 3.05) is 0 Å². The predicted molar refractivity (Wildman–Crippen MR) is 183 cm³/mol. The summed E-state index contributed by atoms with van der Waals surface area (Å²) in [6.45, 7) is 12.9. The third-order valence-electron chi connectivity index (χ3n) is 8.21. The maximum Gasteiger partial charge on any atom is 0.0715 e. The lowest BCUT2D eigenvalue weighted by Crippen LogP contribution is -1.94. The predicted octanol–water partition coefficient (Wildman–Crippen LogP) is 11.0. The Morgan fingerprint density at radius 2 is 0.786 bits per heavy atom. The molecule has 0 radical (unpaired) electrons. The summed E-state index contributed by atoms with van der Waals surface area (Å²) in [6.07, 6.45) is 4.07. The van der Waals surface area contributed by atoms with Gasteiger partial charge in [-0.2, -0.15) is 0 Å². The summed E-state index contributed by atoms with van der Waals surface area (Å²) in [7, 11) is 0. The monoisotopic (exact) mass is 544 g/mol. The fraction of sp³-hybridized carbons (Fsp3) is 0.150. The molecule has 6 aromatic rings. The number of hydrogen-bond donors (Lipinski definition) is 0. The highest BCUT2D eigenvalue weighted by atomic mass is 14.7. The molecule has 2 heteroatoms. The number of benzene rings is 6. The van der Waals surface area contributed by atoms with Gasteiger partial charge in [0.2, 0.25) is 0 Å². The Labute approximate surface area is 249 Å². The Hall–Kier alpha value is -4.82. The average Bonchev–Trinajstić information content (AvgIpc) is 2.96. The molecular formula is C40H36N2. The van der Waals surface area contributed by atoms with E-state index in [-0.39, 0.29) is 0 Å². The first kappa shape index (κ1) is 27.4. The molecule has 0 heterocycles. The molecule has 0 atom stereocenters. The summed E-state index contributed by atoms with van der Waals surface area (Å²) >= 11 is 0. The molecule has 0 aliphatic heterocycles. The van der Waals surface area contributed by atoms with Gasteiger partial charge in [0.15, 0.2) is 0 Å². The molecule has 0 aliphatic carbocycles. The third-order valence-corrected chi connectivity index (χ3v) is 8.21. The zero-order valence-electron chi connectivity index (χ0n) is 25.3. The highest BCUT2D eigenvalue weighted by Gasteiger charge is 2.17. The van der Waals surface area contributed by atoms with Crippen molar-refractivity contribution in [1.29, 1.82) is 0 Å². The van der Waals surface area contributed by atoms with Gasteiger partial charge >= 0.3 is 0 Å². The number of rotatable bonds is 5. The molecule has 42 heavy (non-hydrogen) atoms. The molecule has 0 bridgehead atoms. The second-order valence-electron chi connectivity index (χ2n) is 11.5. The molecule has 0 saturated heterocycles. The minimum Gasteiger partial charge on any atom is -0.256 e. The van der Waals surface area contributed by atoms with Gasteiger partial charge in [0.1, 0.15) is 0 Å². The summed E-state index contributed by atoms with van der Waals surface area (Å²) < 4.78 is 0. The van der Waals surface area contributed by atoms with Gasteiger partial charge in [0.05, 0.1) is 11.4 Å². The third kappa shape index (κ3) is 5.17. The van der Waals surface area contributed by atoms with E-state index in [9.17, 15) is 0 Å². The van der Waals surface area contributed by atoms with Crippen LogP contribution in [-0.2, 0) is 0 Å². The molecular weight excluding hydrogens is 508 g/mol. The molecule has 0 aliphatic rings. The van der Waals surface area contributed by atoms with E-state index in [2.05, 4.69) is 139 Å². The van der Waals surface area contributed by atoms with Gasteiger partial charge in [0, 0.05) is 23.6 Å². The van der Waals surface area contributed by atoms with Crippen LogP contribution in [0.1, 0.15) is 44.5 Å². The van der Waals surface area contributed by atoms with E-state index in [1.807, 2.05) is 12.4 Å². The molecule has 6 rings (SSSR count). The van der Waals surface area contributed by atoms with E-state index in [4.69, 9.17) is 9.98 Å². The van der Waals surface area contributed by atoms with Gasteiger partial charge in [-0.05, 0) is 109 Å². The SMILES string of the molecule is Cc1cc(C)c(/C=N\c2ccc3ccccc3c2-c2c(/N=C/c3c(C)cc(C)cc3C)ccc3ccccc23)c(C)c1. The first-order chi connectivity index (χ1) is 20.3. The van der Waals surface area contributed by atoms with E-state index in [0.717, 1.165) is 22.5 Å². The number of nitrogens with zero attached hydrogens (tertiary/aromatic N) is 2. The summed E-state index contributed by atoms with van der Waals surface area (Å²) in [6, 6.07) is 34.7. The summed E-state index contributed by atoms with van der Waals surface area (Å²) in [5, 5.41) is 4.70. The summed E-state index contributed by atoms with van der Waals surface area (Å²) in [5.41, 5.74) is 13.9. The largest absolute Gasteiger partial charge is 0.256 e. The zero-order valence-corrected chi connectivity index (χ0v) is 25.3. The second-order valence-corrected chi connectivity index (χ2v) is 11.5. The molecule has 0 aromatic heterocycles. The molecule has 0 saturated carbocycles. The van der Waals surface area contributed by atoms with Gasteiger partial charge in [0.25, 0.3) is 0 Å². The van der Waals surface area contributed by atoms with Crippen molar-refractivity contribution in [3.05, 3.63) is 142 Å². The molecule has 0 spiro atoms. The van der Waals surface area contributed by atoms with E-state index in [1.165, 1.54) is 66.1 Å². The highest BCUT2D eigenvalue weighted by Crippen LogP contribution is 2.45. The number of fused-ring (bicyclic) bond motifs is 2. The lowest BCUT2D eigenvalue weighted by Gasteiger charge is -2.16. The maximum atomic E-state index is 5.18. The van der Waals surface area contributed by atoms with Gasteiger partial charge in [-0.15, -0.1) is 0 Å². The van der Waals surface area contributed by atoms with Crippen molar-refractivity contribution in [1.82, 2.24) is 0 Å². The van der Waals surface area contributed by atoms with Crippen molar-refractivity contribution in [2.24, 2.45) is 9.98 Å². The maximum absolute atomic E-state index is 5.18. The topological polar surface area (TPSA) is 24.7 Å². The van der Waals surface area contributed by atoms with Crippen LogP contribution >= 0.6 is 0 Å². The van der Waals surface area contributed by atoms with Gasteiger partial charge in [-0.3, -0.25) is 9.98 Å². The van der Waals surface area contributed by atoms with Crippen LogP contribution in [-0.4, -0.2) is 12.4 Å². The minimum absolute atomic E-state index is 0.934. The molecule has 2 nitrogen and oxygen atoms in total. The summed E-state index contributed by atoms with van der Waals surface area (Å²) in [5.74, 6) is 0. The first-order valence-corrected chi connectivity index (χ1v) is 14.6. The fourth-order valence-electron chi connectivity index (χ4n) is 6.32. The Bertz CT molecular complexity index is 1850. The number of aliphatic imine (C=N–C) groups is 2. The van der Waals surface area contributed by atoms with Crippen LogP contribution in [0.15, 0.2) is 107 Å². The van der Waals surface area contributed by atoms with Crippen molar-refractivity contribution >= 4 is 45.3 Å². The smallest absolute Gasteiger partial charge is 0.0715 e. The Kier molecular flexibility index (Phi) is 7.31. The molecule has 0 N–H and O–H groups in total. The van der Waals surface area contributed by atoms with Crippen molar-refractivity contribution in [3.63, 3.8) is 0 Å². The summed E-state index contributed by atoms with van der Waals surface area (Å²) in [4.78, 5) is 10.4. The van der Waals surface area contributed by atoms with Crippen LogP contribution in [0, 0.1) is 41.5 Å². The minimum atomic E-state index is 0.934. The average molecular weight is 545 g/mol. The Balaban J connectivity index is 1.63. The van der Waals surface area contributed by atoms with Crippen molar-refractivity contribution in [3.8, 4) is 11.1 Å². The molecule has 0 fully saturated rings. The molecule has 206 valence electrons. The fourth-order valence-corrected chi connectivity index (χ4v) is 6.32. The van der Waals surface area contributed by atoms with Gasteiger partial charge in [-0.25, -0.2) is 0 Å². The normalized spacial score (nSPS) is 11.9. The van der Waals surface area contributed by atoms with Crippen LogP contribution in [0.3, 0.4) is 0 Å². The van der Waals surface area contributed by atoms with Gasteiger partial charge < -0.3 is 0 Å². The highest BCUT2D eigenvalue weighted by molar-refractivity contribution is 6.13. The molecule has 0 amide bonds. The van der Waals surface area contributed by atoms with Crippen molar-refractivity contribution in [2.45, 2.75) is 41.5 Å². The lowest BCUT2D eigenvalue weighted by molar-refractivity contribution is 1.30. The molecule has 6 aromatic carbocycles. The van der Waals surface area contributed by atoms with Crippen molar-refractivity contribution < 1.29 is 0 Å². The van der Waals surface area contributed by atoms with E-state index in [1.54, 1.807) is 0 Å². The van der Waals surface area contributed by atoms with Gasteiger partial charge in [-0.1, -0.05) is 96.1 Å². The Morgan fingerprint density at radius 3 is 1.17 bits per heavy atom. The Morgan fingerprint density at radius 1 is 0.429 bits per heavy atom. The second kappa shape index (κ2) is 11.2. The quantitative estimate of drug-likeness (QED) is 0.193. The number of aryl methyl sites for hydroxylation is 6. The molecule has 0 unspecified atom stereocenters. The van der Waals surface area contributed by atoms with Crippen LogP contribution in [0.25, 0.3) is 32.7 Å². The first-order valence-electron chi connectivity index (χ1n) is 14.6. The number of hydrogen-bond acceptors (Lipinski definition) is 2. The van der Waals surface area contributed by atoms with Crippen LogP contribution in [0.2, 0.25) is 0 Å². The van der Waals surface area contributed by atoms with Crippen LogP contribution in [0.4, 0.5) is 11.4 Å². The van der Waals surface area contributed by atoms with E-state index >= 15 is 0 Å². The van der Waals surface area contributed by atoms with E-state index in [0.29, 0.717) is 0 Å². The van der Waals surface area contributed by atoms with Crippen LogP contribution < -0.4 is 0 Å². The zero-order chi connectivity index (χ0) is 29.4. The lowest BCUT2D eigenvalue weighted by atomic mass is 9.91. The van der Waals surface area contributed by atoms with Crippen LogP contribution in [0.5, 0.6) is 0 Å². The standard InChI is InChI=1S/C40H36N2/c1-25-19-27(3)35(28(4)20-25)23-41-37-17-15-31-11-7-9-13-33(31)39(37)40-34-14-10-8-12-32(34)16-18-38(40)42-24-36-29(5)21-26(2)22-30(36)6/h7-24H,1-6H3/b41-23-,42-24+.